The van der Waals surface area contributed by atoms with Crippen LogP contribution in [0, 0.1) is 0 Å². The van der Waals surface area contributed by atoms with Crippen molar-refractivity contribution in [2.75, 3.05) is 13.2 Å². The summed E-state index contributed by atoms with van der Waals surface area (Å²) in [6.07, 6.45) is 0.345. The highest BCUT2D eigenvalue weighted by Crippen LogP contribution is 2.37. The van der Waals surface area contributed by atoms with E-state index in [-0.39, 0.29) is 24.0 Å². The molecule has 1 saturated heterocycles. The van der Waals surface area contributed by atoms with Gasteiger partial charge in [-0.1, -0.05) is 49.2 Å². The number of aryl methyl sites for hydroxylation is 2. The Balaban J connectivity index is 1.48. The van der Waals surface area contributed by atoms with Crippen molar-refractivity contribution < 1.29 is 36.8 Å². The standard InChI is InChI=1S/C24H31F3NO5P/c25-24(26,27)23-15-21(33-22-14-20(28-16-22)17-32-34(29,30)31)13-12-19(23)11-7-2-1-4-8-18-9-5-3-6-10-18/h3,5-6,9-10,12-13,15,20,22,28H,1-2,4,7-8,11,14,16-17H2,(H2,29,30,31)/t20-,22?/m0/s1. The molecule has 1 aliphatic rings. The Morgan fingerprint density at radius 1 is 1.00 bits per heavy atom. The summed E-state index contributed by atoms with van der Waals surface area (Å²) in [5.41, 5.74) is 0.859. The average Bonchev–Trinajstić information content (AvgIpc) is 3.22. The predicted octanol–water partition coefficient (Wildman–Crippen LogP) is 5.27. The summed E-state index contributed by atoms with van der Waals surface area (Å²) in [6, 6.07) is 13.9. The zero-order valence-electron chi connectivity index (χ0n) is 18.8. The number of halogens is 3. The fraction of sp³-hybridized carbons (Fsp3) is 0.500. The van der Waals surface area contributed by atoms with Crippen molar-refractivity contribution in [3.8, 4) is 5.75 Å². The third-order valence-electron chi connectivity index (χ3n) is 5.82. The highest BCUT2D eigenvalue weighted by molar-refractivity contribution is 7.46. The number of nitrogens with one attached hydrogen (secondary N) is 1. The average molecular weight is 501 g/mol. The Bertz CT molecular complexity index is 951. The van der Waals surface area contributed by atoms with Crippen LogP contribution in [0.25, 0.3) is 0 Å². The van der Waals surface area contributed by atoms with E-state index < -0.39 is 25.7 Å². The van der Waals surface area contributed by atoms with Crippen LogP contribution in [-0.4, -0.2) is 35.1 Å². The molecule has 0 bridgehead atoms. The lowest BCUT2D eigenvalue weighted by atomic mass is 9.99. The SMILES string of the molecule is O=P(O)(O)OC[C@@H]1CC(Oc2ccc(CCCCCCc3ccccc3)c(C(F)(F)F)c2)CN1. The molecular weight excluding hydrogens is 470 g/mol. The van der Waals surface area contributed by atoms with Crippen molar-refractivity contribution in [1.29, 1.82) is 0 Å². The normalized spacial score (nSPS) is 18.9. The molecule has 1 fully saturated rings. The largest absolute Gasteiger partial charge is 0.489 e. The second-order valence-corrected chi connectivity index (χ2v) is 9.82. The molecule has 0 saturated carbocycles. The topological polar surface area (TPSA) is 88.0 Å². The van der Waals surface area contributed by atoms with E-state index in [4.69, 9.17) is 14.5 Å². The van der Waals surface area contributed by atoms with Crippen LogP contribution in [0.2, 0.25) is 0 Å². The van der Waals surface area contributed by atoms with Gasteiger partial charge in [-0.3, -0.25) is 4.52 Å². The molecule has 6 nitrogen and oxygen atoms in total. The minimum absolute atomic E-state index is 0.127. The lowest BCUT2D eigenvalue weighted by Gasteiger charge is -2.18. The number of alkyl halides is 3. The number of rotatable bonds is 12. The molecule has 10 heteroatoms. The van der Waals surface area contributed by atoms with E-state index in [1.54, 1.807) is 6.07 Å². The zero-order valence-corrected chi connectivity index (χ0v) is 19.7. The number of unbranched alkanes of at least 4 members (excludes halogenated alkanes) is 3. The molecule has 0 radical (unpaired) electrons. The highest BCUT2D eigenvalue weighted by Gasteiger charge is 2.34. The van der Waals surface area contributed by atoms with Gasteiger partial charge < -0.3 is 19.8 Å². The Hall–Kier alpha value is -1.90. The number of phosphoric acid groups is 1. The summed E-state index contributed by atoms with van der Waals surface area (Å²) in [6.45, 7) is 0.142. The smallest absolute Gasteiger partial charge is 0.469 e. The fourth-order valence-corrected chi connectivity index (χ4v) is 4.51. The van der Waals surface area contributed by atoms with Gasteiger partial charge in [0.1, 0.15) is 11.9 Å². The van der Waals surface area contributed by atoms with E-state index in [0.717, 1.165) is 31.7 Å². The van der Waals surface area contributed by atoms with Crippen molar-refractivity contribution in [2.24, 2.45) is 0 Å². The van der Waals surface area contributed by atoms with E-state index in [0.29, 0.717) is 25.8 Å². The van der Waals surface area contributed by atoms with E-state index in [9.17, 15) is 17.7 Å². The van der Waals surface area contributed by atoms with Gasteiger partial charge in [0.05, 0.1) is 12.2 Å². The number of phosphoric ester groups is 1. The van der Waals surface area contributed by atoms with Crippen molar-refractivity contribution in [1.82, 2.24) is 5.32 Å². The van der Waals surface area contributed by atoms with Crippen LogP contribution in [0.5, 0.6) is 5.75 Å². The highest BCUT2D eigenvalue weighted by atomic mass is 31.2. The first-order valence-electron chi connectivity index (χ1n) is 11.4. The monoisotopic (exact) mass is 501 g/mol. The lowest BCUT2D eigenvalue weighted by Crippen LogP contribution is -2.26. The number of ether oxygens (including phenoxy) is 1. The van der Waals surface area contributed by atoms with Crippen molar-refractivity contribution in [3.63, 3.8) is 0 Å². The first kappa shape index (κ1) is 26.7. The summed E-state index contributed by atoms with van der Waals surface area (Å²) in [7, 11) is -4.57. The Labute approximate surface area is 197 Å². The van der Waals surface area contributed by atoms with Crippen molar-refractivity contribution in [3.05, 3.63) is 65.2 Å². The van der Waals surface area contributed by atoms with Gasteiger partial charge in [-0.05, 0) is 48.9 Å². The number of hydrogen-bond donors (Lipinski definition) is 3. The molecule has 1 heterocycles. The van der Waals surface area contributed by atoms with Crippen LogP contribution in [0.15, 0.2) is 48.5 Å². The summed E-state index contributed by atoms with van der Waals surface area (Å²) >= 11 is 0. The molecule has 3 rings (SSSR count). The number of hydrogen-bond acceptors (Lipinski definition) is 4. The minimum atomic E-state index is -4.57. The molecule has 1 aliphatic heterocycles. The summed E-state index contributed by atoms with van der Waals surface area (Å²) in [5.74, 6) is 0.127. The maximum atomic E-state index is 13.7. The summed E-state index contributed by atoms with van der Waals surface area (Å²) in [5, 5.41) is 3.00. The van der Waals surface area contributed by atoms with Crippen LogP contribution >= 0.6 is 7.82 Å². The lowest BCUT2D eigenvalue weighted by molar-refractivity contribution is -0.138. The van der Waals surface area contributed by atoms with Crippen molar-refractivity contribution >= 4 is 7.82 Å². The minimum Gasteiger partial charge on any atom is -0.489 e. The second-order valence-electron chi connectivity index (χ2n) is 8.58. The van der Waals surface area contributed by atoms with E-state index in [2.05, 4.69) is 22.0 Å². The predicted molar refractivity (Wildman–Crippen MR) is 123 cm³/mol. The van der Waals surface area contributed by atoms with Gasteiger partial charge in [0.25, 0.3) is 0 Å². The Morgan fingerprint density at radius 2 is 1.71 bits per heavy atom. The third kappa shape index (κ3) is 9.04. The molecule has 0 aromatic heterocycles. The van der Waals surface area contributed by atoms with Gasteiger partial charge in [0, 0.05) is 19.0 Å². The first-order chi connectivity index (χ1) is 16.1. The van der Waals surface area contributed by atoms with Crippen LogP contribution < -0.4 is 10.1 Å². The molecule has 0 aliphatic carbocycles. The molecule has 188 valence electrons. The van der Waals surface area contributed by atoms with Crippen LogP contribution in [-0.2, 0) is 28.1 Å². The van der Waals surface area contributed by atoms with E-state index in [1.165, 1.54) is 11.6 Å². The van der Waals surface area contributed by atoms with Crippen LogP contribution in [0.3, 0.4) is 0 Å². The van der Waals surface area contributed by atoms with Gasteiger partial charge >= 0.3 is 14.0 Å². The first-order valence-corrected chi connectivity index (χ1v) is 13.0. The van der Waals surface area contributed by atoms with Crippen LogP contribution in [0.1, 0.15) is 48.8 Å². The molecule has 34 heavy (non-hydrogen) atoms. The molecule has 2 aromatic carbocycles. The Kier molecular flexibility index (Phi) is 9.56. The molecular formula is C24H31F3NO5P. The Morgan fingerprint density at radius 3 is 2.38 bits per heavy atom. The quantitative estimate of drug-likeness (QED) is 0.271. The molecule has 0 amide bonds. The second kappa shape index (κ2) is 12.2. The van der Waals surface area contributed by atoms with Gasteiger partial charge in [-0.2, -0.15) is 13.2 Å². The molecule has 2 atom stereocenters. The molecule has 2 aromatic rings. The van der Waals surface area contributed by atoms with Gasteiger partial charge in [0.2, 0.25) is 0 Å². The van der Waals surface area contributed by atoms with Gasteiger partial charge in [-0.25, -0.2) is 4.57 Å². The maximum absolute atomic E-state index is 13.7. The summed E-state index contributed by atoms with van der Waals surface area (Å²) < 4.78 is 62.0. The zero-order chi connectivity index (χ0) is 24.6. The maximum Gasteiger partial charge on any atom is 0.469 e. The summed E-state index contributed by atoms with van der Waals surface area (Å²) in [4.78, 5) is 17.6. The van der Waals surface area contributed by atoms with E-state index in [1.807, 2.05) is 18.2 Å². The van der Waals surface area contributed by atoms with E-state index >= 15 is 0 Å². The fourth-order valence-electron chi connectivity index (χ4n) is 4.13. The van der Waals surface area contributed by atoms with Crippen molar-refractivity contribution in [2.45, 2.75) is 63.3 Å². The number of benzene rings is 2. The third-order valence-corrected chi connectivity index (χ3v) is 6.30. The van der Waals surface area contributed by atoms with Crippen LogP contribution in [0.4, 0.5) is 13.2 Å². The molecule has 0 spiro atoms. The van der Waals surface area contributed by atoms with Gasteiger partial charge in [0.15, 0.2) is 0 Å². The van der Waals surface area contributed by atoms with Gasteiger partial charge in [-0.15, -0.1) is 0 Å². The molecule has 1 unspecified atom stereocenters. The molecule has 3 N–H and O–H groups in total.